The van der Waals surface area contributed by atoms with Crippen molar-refractivity contribution in [3.8, 4) is 0 Å². The van der Waals surface area contributed by atoms with Crippen LogP contribution in [0.4, 0.5) is 5.69 Å². The highest BCUT2D eigenvalue weighted by Crippen LogP contribution is 2.36. The van der Waals surface area contributed by atoms with Gasteiger partial charge >= 0.3 is 0 Å². The van der Waals surface area contributed by atoms with E-state index in [1.165, 1.54) is 10.4 Å². The molecule has 0 aromatic heterocycles. The van der Waals surface area contributed by atoms with Gasteiger partial charge in [0, 0.05) is 16.4 Å². The minimum Gasteiger partial charge on any atom is -0.262 e. The molecule has 0 aliphatic heterocycles. The molecule has 0 spiro atoms. The zero-order chi connectivity index (χ0) is 18.6. The Balaban J connectivity index is 2.62. The summed E-state index contributed by atoms with van der Waals surface area (Å²) in [7, 11) is -3.91. The van der Waals surface area contributed by atoms with Crippen LogP contribution in [0.1, 0.15) is 19.8 Å². The van der Waals surface area contributed by atoms with Gasteiger partial charge in [-0.3, -0.25) is 4.31 Å². The summed E-state index contributed by atoms with van der Waals surface area (Å²) in [5.41, 5.74) is 0.344. The van der Waals surface area contributed by atoms with Crippen molar-refractivity contribution in [1.82, 2.24) is 0 Å². The smallest absolute Gasteiger partial charge is 0.262 e. The molecule has 8 heteroatoms. The summed E-state index contributed by atoms with van der Waals surface area (Å²) in [6.07, 6.45) is 1.46. The van der Waals surface area contributed by atoms with Crippen LogP contribution in [0.15, 0.2) is 47.4 Å². The summed E-state index contributed by atoms with van der Waals surface area (Å²) in [6, 6.07) is 10.8. The summed E-state index contributed by atoms with van der Waals surface area (Å²) < 4.78 is 28.0. The van der Waals surface area contributed by atoms with Gasteiger partial charge in [-0.2, -0.15) is 0 Å². The van der Waals surface area contributed by atoms with Gasteiger partial charge in [-0.1, -0.05) is 62.9 Å². The molecule has 0 saturated heterocycles. The van der Waals surface area contributed by atoms with Crippen LogP contribution in [0.5, 0.6) is 0 Å². The van der Waals surface area contributed by atoms with Crippen molar-refractivity contribution >= 4 is 66.4 Å². The molecule has 0 amide bonds. The minimum atomic E-state index is -3.91. The second-order valence-corrected chi connectivity index (χ2v) is 9.33. The number of anilines is 1. The van der Waals surface area contributed by atoms with Crippen LogP contribution < -0.4 is 4.31 Å². The lowest BCUT2D eigenvalue weighted by molar-refractivity contribution is 0.570. The van der Waals surface area contributed by atoms with Crippen molar-refractivity contribution in [2.45, 2.75) is 30.7 Å². The van der Waals surface area contributed by atoms with E-state index in [0.29, 0.717) is 22.2 Å². The Kier molecular flexibility index (Phi) is 7.47. The minimum absolute atomic E-state index is 0.0402. The van der Waals surface area contributed by atoms with E-state index in [0.717, 1.165) is 11.8 Å². The van der Waals surface area contributed by atoms with Crippen LogP contribution in [-0.4, -0.2) is 19.8 Å². The number of sulfonamides is 1. The lowest BCUT2D eigenvalue weighted by Gasteiger charge is -2.31. The highest BCUT2D eigenvalue weighted by Gasteiger charge is 2.32. The van der Waals surface area contributed by atoms with E-state index in [2.05, 4.69) is 15.9 Å². The number of hydrogen-bond acceptors (Lipinski definition) is 2. The van der Waals surface area contributed by atoms with Gasteiger partial charge in [0.1, 0.15) is 4.90 Å². The van der Waals surface area contributed by atoms with Crippen LogP contribution in [0.25, 0.3) is 0 Å². The third-order valence-corrected chi connectivity index (χ3v) is 7.22. The Morgan fingerprint density at radius 3 is 2.40 bits per heavy atom. The lowest BCUT2D eigenvalue weighted by Crippen LogP contribution is -2.39. The van der Waals surface area contributed by atoms with Gasteiger partial charge in [0.25, 0.3) is 10.0 Å². The molecule has 2 rings (SSSR count). The zero-order valence-corrected chi connectivity index (χ0v) is 18.1. The van der Waals surface area contributed by atoms with E-state index in [1.807, 2.05) is 6.92 Å². The van der Waals surface area contributed by atoms with Crippen LogP contribution in [0, 0.1) is 0 Å². The van der Waals surface area contributed by atoms with Gasteiger partial charge in [-0.05, 0) is 50.1 Å². The molecule has 1 unspecified atom stereocenters. The highest BCUT2D eigenvalue weighted by atomic mass is 79.9. The molecule has 2 aromatic rings. The summed E-state index contributed by atoms with van der Waals surface area (Å²) in [5.74, 6) is 0. The first-order valence-electron chi connectivity index (χ1n) is 7.59. The van der Waals surface area contributed by atoms with Crippen molar-refractivity contribution in [1.29, 1.82) is 0 Å². The van der Waals surface area contributed by atoms with Crippen molar-refractivity contribution < 1.29 is 8.42 Å². The maximum atomic E-state index is 13.3. The lowest BCUT2D eigenvalue weighted by atomic mass is 10.2. The SMILES string of the molecule is CC(CCCBr)N(c1cc(Cl)ccc1Cl)S(=O)(=O)c1ccccc1Cl. The molecule has 1 atom stereocenters. The zero-order valence-electron chi connectivity index (χ0n) is 13.4. The predicted molar refractivity (Wildman–Crippen MR) is 110 cm³/mol. The molecule has 0 heterocycles. The van der Waals surface area contributed by atoms with Crippen LogP contribution in [0.3, 0.4) is 0 Å². The number of benzene rings is 2. The molecule has 0 N–H and O–H groups in total. The summed E-state index contributed by atoms with van der Waals surface area (Å²) >= 11 is 21.9. The molecule has 0 bridgehead atoms. The Labute approximate surface area is 172 Å². The van der Waals surface area contributed by atoms with Crippen LogP contribution in [-0.2, 0) is 10.0 Å². The van der Waals surface area contributed by atoms with E-state index in [1.54, 1.807) is 36.4 Å². The van der Waals surface area contributed by atoms with Gasteiger partial charge in [-0.25, -0.2) is 8.42 Å². The molecular weight excluding hydrogens is 469 g/mol. The Bertz CT molecular complexity index is 846. The van der Waals surface area contributed by atoms with Gasteiger partial charge in [0.05, 0.1) is 15.7 Å². The van der Waals surface area contributed by atoms with E-state index < -0.39 is 10.0 Å². The first-order valence-corrected chi connectivity index (χ1v) is 11.3. The average molecular weight is 486 g/mol. The predicted octanol–water partition coefficient (Wildman–Crippen LogP) is 6.41. The number of halogens is 4. The Hall–Kier alpha value is -0.460. The molecule has 25 heavy (non-hydrogen) atoms. The fourth-order valence-corrected chi connectivity index (χ4v) is 5.45. The normalized spacial score (nSPS) is 12.8. The largest absolute Gasteiger partial charge is 0.266 e. The van der Waals surface area contributed by atoms with E-state index >= 15 is 0 Å². The number of hydrogen-bond donors (Lipinski definition) is 0. The molecular formula is C17H17BrCl3NO2S. The molecule has 3 nitrogen and oxygen atoms in total. The molecule has 0 radical (unpaired) electrons. The van der Waals surface area contributed by atoms with Crippen LogP contribution in [0.2, 0.25) is 15.1 Å². The van der Waals surface area contributed by atoms with E-state index in [4.69, 9.17) is 34.8 Å². The molecule has 0 aliphatic rings. The third-order valence-electron chi connectivity index (χ3n) is 3.67. The van der Waals surface area contributed by atoms with Crippen molar-refractivity contribution in [2.24, 2.45) is 0 Å². The summed E-state index contributed by atoms with van der Waals surface area (Å²) in [6.45, 7) is 1.84. The monoisotopic (exact) mass is 483 g/mol. The van der Waals surface area contributed by atoms with Crippen molar-refractivity contribution in [3.63, 3.8) is 0 Å². The second-order valence-electron chi connectivity index (χ2n) is 5.51. The molecule has 2 aromatic carbocycles. The molecule has 0 saturated carbocycles. The molecule has 0 fully saturated rings. The first kappa shape index (κ1) is 20.8. The van der Waals surface area contributed by atoms with Gasteiger partial charge in [-0.15, -0.1) is 0 Å². The summed E-state index contributed by atoms with van der Waals surface area (Å²) in [4.78, 5) is 0.0402. The topological polar surface area (TPSA) is 37.4 Å². The number of alkyl halides is 1. The standard InChI is InChI=1S/C17H17BrCl3NO2S/c1-12(5-4-10-18)22(16-11-13(19)8-9-14(16)20)25(23,24)17-7-3-2-6-15(17)21/h2-3,6-9,11-12H,4-5,10H2,1H3. The fraction of sp³-hybridized carbons (Fsp3) is 0.294. The van der Waals surface area contributed by atoms with Gasteiger partial charge in [0.15, 0.2) is 0 Å². The maximum Gasteiger partial charge on any atom is 0.266 e. The third kappa shape index (κ3) is 4.83. The van der Waals surface area contributed by atoms with Gasteiger partial charge in [0.2, 0.25) is 0 Å². The number of rotatable bonds is 7. The maximum absolute atomic E-state index is 13.3. The van der Waals surface area contributed by atoms with Crippen LogP contribution >= 0.6 is 50.7 Å². The van der Waals surface area contributed by atoms with Gasteiger partial charge < -0.3 is 0 Å². The second kappa shape index (κ2) is 8.96. The van der Waals surface area contributed by atoms with E-state index in [-0.39, 0.29) is 16.0 Å². The molecule has 136 valence electrons. The quantitative estimate of drug-likeness (QED) is 0.425. The Morgan fingerprint density at radius 2 is 1.76 bits per heavy atom. The Morgan fingerprint density at radius 1 is 1.08 bits per heavy atom. The van der Waals surface area contributed by atoms with Crippen molar-refractivity contribution in [3.05, 3.63) is 57.5 Å². The molecule has 0 aliphatic carbocycles. The fourth-order valence-electron chi connectivity index (χ4n) is 2.51. The first-order chi connectivity index (χ1) is 11.8. The highest BCUT2D eigenvalue weighted by molar-refractivity contribution is 9.09. The summed E-state index contributed by atoms with van der Waals surface area (Å²) in [5, 5.41) is 1.66. The van der Waals surface area contributed by atoms with Crippen molar-refractivity contribution in [2.75, 3.05) is 9.64 Å². The average Bonchev–Trinajstić information content (AvgIpc) is 2.56. The van der Waals surface area contributed by atoms with E-state index in [9.17, 15) is 8.42 Å². The number of nitrogens with zero attached hydrogens (tertiary/aromatic N) is 1.